The van der Waals surface area contributed by atoms with Crippen molar-refractivity contribution >= 4 is 27.7 Å². The minimum Gasteiger partial charge on any atom is -0.454 e. The first-order valence-electron chi connectivity index (χ1n) is 8.46. The van der Waals surface area contributed by atoms with Gasteiger partial charge in [0, 0.05) is 18.2 Å². The third kappa shape index (κ3) is 3.57. The van der Waals surface area contributed by atoms with Crippen LogP contribution in [0.4, 0.5) is 0 Å². The highest BCUT2D eigenvalue weighted by atomic mass is 32.2. The zero-order chi connectivity index (χ0) is 18.9. The van der Waals surface area contributed by atoms with Gasteiger partial charge in [0.25, 0.3) is 15.9 Å². The molecule has 1 aromatic carbocycles. The number of amidine groups is 1. The number of carbonyl (C=O) groups excluding carboxylic acids is 2. The maximum Gasteiger partial charge on any atom is 0.329 e. The summed E-state index contributed by atoms with van der Waals surface area (Å²) in [6.07, 6.45) is 1.23. The molecule has 0 spiro atoms. The Hall–Kier alpha value is -2.42. The lowest BCUT2D eigenvalue weighted by Crippen LogP contribution is -2.43. The molecule has 26 heavy (non-hydrogen) atoms. The van der Waals surface area contributed by atoms with E-state index in [-0.39, 0.29) is 29.3 Å². The molecule has 2 aliphatic rings. The molecule has 1 amide bonds. The number of nitrogens with zero attached hydrogens (tertiary/aromatic N) is 2. The summed E-state index contributed by atoms with van der Waals surface area (Å²) in [5, 5.41) is 2.65. The van der Waals surface area contributed by atoms with Crippen LogP contribution < -0.4 is 5.32 Å². The molecule has 0 unspecified atom stereocenters. The van der Waals surface area contributed by atoms with Crippen LogP contribution in [0.5, 0.6) is 0 Å². The van der Waals surface area contributed by atoms with Crippen LogP contribution in [0.3, 0.4) is 0 Å². The van der Waals surface area contributed by atoms with Gasteiger partial charge in [0.05, 0.1) is 0 Å². The number of hydrogen-bond donors (Lipinski definition) is 1. The smallest absolute Gasteiger partial charge is 0.329 e. The third-order valence-corrected chi connectivity index (χ3v) is 5.53. The van der Waals surface area contributed by atoms with Crippen LogP contribution in [0.15, 0.2) is 33.6 Å². The van der Waals surface area contributed by atoms with Crippen LogP contribution in [-0.2, 0) is 24.3 Å². The number of rotatable bonds is 4. The minimum atomic E-state index is -3.75. The van der Waals surface area contributed by atoms with E-state index < -0.39 is 22.0 Å². The Bertz CT molecular complexity index is 863. The molecule has 2 heterocycles. The minimum absolute atomic E-state index is 0.0428. The van der Waals surface area contributed by atoms with Gasteiger partial charge >= 0.3 is 5.97 Å². The van der Waals surface area contributed by atoms with Crippen molar-refractivity contribution in [1.29, 1.82) is 0 Å². The summed E-state index contributed by atoms with van der Waals surface area (Å²) in [6.45, 7) is 3.77. The SMILES string of the molecule is CC(C)NC(=O)COC(=O)[C@@H]1CCCN1C1=NS(=O)(=O)c2ccccc21. The van der Waals surface area contributed by atoms with E-state index in [1.807, 2.05) is 13.8 Å². The molecule has 2 aliphatic heterocycles. The average Bonchev–Trinajstić information content (AvgIpc) is 3.15. The zero-order valence-electron chi connectivity index (χ0n) is 14.6. The number of benzene rings is 1. The van der Waals surface area contributed by atoms with Crippen molar-refractivity contribution in [3.05, 3.63) is 29.8 Å². The Balaban J connectivity index is 1.75. The lowest BCUT2D eigenvalue weighted by atomic mass is 10.1. The van der Waals surface area contributed by atoms with E-state index in [0.29, 0.717) is 24.9 Å². The number of hydrogen-bond acceptors (Lipinski definition) is 6. The Labute approximate surface area is 152 Å². The van der Waals surface area contributed by atoms with E-state index in [4.69, 9.17) is 4.74 Å². The quantitative estimate of drug-likeness (QED) is 0.771. The second-order valence-corrected chi connectivity index (χ2v) is 8.14. The first-order chi connectivity index (χ1) is 12.3. The van der Waals surface area contributed by atoms with E-state index >= 15 is 0 Å². The summed E-state index contributed by atoms with van der Waals surface area (Å²) in [5.74, 6) is -0.651. The first kappa shape index (κ1) is 18.4. The van der Waals surface area contributed by atoms with Crippen molar-refractivity contribution in [3.63, 3.8) is 0 Å². The average molecular weight is 379 g/mol. The summed E-state index contributed by atoms with van der Waals surface area (Å²) in [4.78, 5) is 25.9. The molecule has 0 radical (unpaired) electrons. The number of amides is 1. The topological polar surface area (TPSA) is 105 Å². The summed E-state index contributed by atoms with van der Waals surface area (Å²) in [5.41, 5.74) is 0.491. The van der Waals surface area contributed by atoms with E-state index in [2.05, 4.69) is 9.71 Å². The number of likely N-dealkylation sites (tertiary alicyclic amines) is 1. The molecule has 1 atom stereocenters. The van der Waals surface area contributed by atoms with Crippen LogP contribution in [0.25, 0.3) is 0 Å². The Morgan fingerprint density at radius 2 is 2.08 bits per heavy atom. The Kier molecular flexibility index (Phi) is 4.99. The fourth-order valence-electron chi connectivity index (χ4n) is 3.16. The second-order valence-electron chi connectivity index (χ2n) is 6.57. The maximum absolute atomic E-state index is 12.4. The standard InChI is InChI=1S/C17H21N3O5S/c1-11(2)18-15(21)10-25-17(22)13-7-5-9-20(13)16-12-6-3-4-8-14(12)26(23,24)19-16/h3-4,6,8,11,13H,5,7,9-10H2,1-2H3,(H,18,21)/t13-/m0/s1. The zero-order valence-corrected chi connectivity index (χ0v) is 15.5. The van der Waals surface area contributed by atoms with Crippen molar-refractivity contribution < 1.29 is 22.7 Å². The second kappa shape index (κ2) is 7.06. The molecular formula is C17H21N3O5S. The normalized spacial score (nSPS) is 20.7. The van der Waals surface area contributed by atoms with E-state index in [9.17, 15) is 18.0 Å². The number of fused-ring (bicyclic) bond motifs is 1. The lowest BCUT2D eigenvalue weighted by Gasteiger charge is -2.24. The lowest BCUT2D eigenvalue weighted by molar-refractivity contribution is -0.152. The van der Waals surface area contributed by atoms with Crippen LogP contribution in [0.2, 0.25) is 0 Å². The number of nitrogens with one attached hydrogen (secondary N) is 1. The highest BCUT2D eigenvalue weighted by Crippen LogP contribution is 2.31. The molecule has 9 heteroatoms. The fraction of sp³-hybridized carbons (Fsp3) is 0.471. The van der Waals surface area contributed by atoms with Gasteiger partial charge in [-0.15, -0.1) is 4.40 Å². The highest BCUT2D eigenvalue weighted by Gasteiger charge is 2.40. The van der Waals surface area contributed by atoms with Crippen molar-refractivity contribution in [2.75, 3.05) is 13.2 Å². The predicted molar refractivity (Wildman–Crippen MR) is 94.1 cm³/mol. The molecule has 1 N–H and O–H groups in total. The largest absolute Gasteiger partial charge is 0.454 e. The Morgan fingerprint density at radius 1 is 1.35 bits per heavy atom. The van der Waals surface area contributed by atoms with Gasteiger partial charge in [0.2, 0.25) is 0 Å². The molecule has 8 nitrogen and oxygen atoms in total. The number of sulfonamides is 1. The molecule has 1 fully saturated rings. The molecule has 0 saturated carbocycles. The summed E-state index contributed by atoms with van der Waals surface area (Å²) >= 11 is 0. The van der Waals surface area contributed by atoms with E-state index in [1.54, 1.807) is 23.1 Å². The van der Waals surface area contributed by atoms with Crippen molar-refractivity contribution in [2.45, 2.75) is 43.7 Å². The van der Waals surface area contributed by atoms with Gasteiger partial charge in [-0.05, 0) is 38.8 Å². The van der Waals surface area contributed by atoms with Gasteiger partial charge in [-0.1, -0.05) is 12.1 Å². The first-order valence-corrected chi connectivity index (χ1v) is 9.90. The van der Waals surface area contributed by atoms with Crippen molar-refractivity contribution in [3.8, 4) is 0 Å². The number of ether oxygens (including phenoxy) is 1. The molecule has 3 rings (SSSR count). The van der Waals surface area contributed by atoms with E-state index in [0.717, 1.165) is 0 Å². The molecule has 0 bridgehead atoms. The monoisotopic (exact) mass is 379 g/mol. The van der Waals surface area contributed by atoms with Crippen molar-refractivity contribution in [2.24, 2.45) is 4.40 Å². The number of carbonyl (C=O) groups is 2. The molecular weight excluding hydrogens is 358 g/mol. The molecule has 1 aromatic rings. The maximum atomic E-state index is 12.4. The van der Waals surface area contributed by atoms with Crippen LogP contribution in [0.1, 0.15) is 32.3 Å². The third-order valence-electron chi connectivity index (χ3n) is 4.20. The van der Waals surface area contributed by atoms with Crippen molar-refractivity contribution in [1.82, 2.24) is 10.2 Å². The van der Waals surface area contributed by atoms with Crippen LogP contribution in [0, 0.1) is 0 Å². The van der Waals surface area contributed by atoms with Gasteiger partial charge in [0.15, 0.2) is 12.4 Å². The van der Waals surface area contributed by atoms with Gasteiger partial charge in [-0.3, -0.25) is 4.79 Å². The summed E-state index contributed by atoms with van der Waals surface area (Å²) in [6, 6.07) is 5.85. The summed E-state index contributed by atoms with van der Waals surface area (Å²) in [7, 11) is -3.75. The molecule has 0 aliphatic carbocycles. The van der Waals surface area contributed by atoms with Crippen LogP contribution in [-0.4, -0.2) is 56.3 Å². The van der Waals surface area contributed by atoms with Gasteiger partial charge < -0.3 is 15.0 Å². The number of esters is 1. The molecule has 1 saturated heterocycles. The van der Waals surface area contributed by atoms with Gasteiger partial charge in [-0.25, -0.2) is 4.79 Å². The fourth-order valence-corrected chi connectivity index (χ4v) is 4.37. The van der Waals surface area contributed by atoms with Crippen LogP contribution >= 0.6 is 0 Å². The summed E-state index contributed by atoms with van der Waals surface area (Å²) < 4.78 is 33.4. The molecule has 140 valence electrons. The highest BCUT2D eigenvalue weighted by molar-refractivity contribution is 7.90. The van der Waals surface area contributed by atoms with E-state index in [1.165, 1.54) is 6.07 Å². The van der Waals surface area contributed by atoms with Gasteiger partial charge in [0.1, 0.15) is 10.9 Å². The predicted octanol–water partition coefficient (Wildman–Crippen LogP) is 0.668. The molecule has 0 aromatic heterocycles. The Morgan fingerprint density at radius 3 is 2.81 bits per heavy atom. The van der Waals surface area contributed by atoms with Gasteiger partial charge in [-0.2, -0.15) is 8.42 Å².